The molecular formula is C33H38F4O. The van der Waals surface area contributed by atoms with Crippen molar-refractivity contribution in [2.75, 3.05) is 6.61 Å². The van der Waals surface area contributed by atoms with E-state index in [0.29, 0.717) is 42.1 Å². The van der Waals surface area contributed by atoms with Crippen molar-refractivity contribution in [3.63, 3.8) is 0 Å². The van der Waals surface area contributed by atoms with Crippen LogP contribution in [-0.4, -0.2) is 6.61 Å². The maximum absolute atomic E-state index is 15.2. The minimum absolute atomic E-state index is 0.128. The molecule has 0 bridgehead atoms. The first-order valence-electron chi connectivity index (χ1n) is 14.1. The van der Waals surface area contributed by atoms with Crippen LogP contribution in [0.4, 0.5) is 17.6 Å². The van der Waals surface area contributed by atoms with Crippen LogP contribution in [0.15, 0.2) is 48.5 Å². The molecule has 3 aromatic rings. The fourth-order valence-electron chi connectivity index (χ4n) is 5.46. The molecule has 1 aliphatic rings. The van der Waals surface area contributed by atoms with E-state index in [0.717, 1.165) is 19.3 Å². The van der Waals surface area contributed by atoms with Gasteiger partial charge in [-0.15, -0.1) is 0 Å². The normalized spacial score (nSPS) is 17.6. The van der Waals surface area contributed by atoms with Crippen molar-refractivity contribution in [3.8, 4) is 22.3 Å². The summed E-state index contributed by atoms with van der Waals surface area (Å²) >= 11 is 0. The second-order valence-electron chi connectivity index (χ2n) is 10.5. The zero-order valence-corrected chi connectivity index (χ0v) is 22.5. The molecule has 0 spiro atoms. The summed E-state index contributed by atoms with van der Waals surface area (Å²) in [6.07, 6.45) is 9.73. The highest BCUT2D eigenvalue weighted by atomic mass is 19.2. The molecule has 3 aromatic carbocycles. The SMILES string of the molecule is CCCCCCCC1CCC(c2ccc(-c3ccc(-c4ccc(CCC)c(F)c4F)cc3)c(F)c2F)OC1. The van der Waals surface area contributed by atoms with Crippen molar-refractivity contribution in [1.29, 1.82) is 0 Å². The Morgan fingerprint density at radius 1 is 0.658 bits per heavy atom. The number of halogens is 4. The maximum atomic E-state index is 15.2. The number of hydrogen-bond donors (Lipinski definition) is 0. The predicted octanol–water partition coefficient (Wildman–Crippen LogP) is 10.4. The third kappa shape index (κ3) is 6.48. The van der Waals surface area contributed by atoms with Gasteiger partial charge < -0.3 is 4.74 Å². The Labute approximate surface area is 224 Å². The summed E-state index contributed by atoms with van der Waals surface area (Å²) in [6.45, 7) is 4.70. The zero-order valence-electron chi connectivity index (χ0n) is 22.5. The average Bonchev–Trinajstić information content (AvgIpc) is 2.93. The van der Waals surface area contributed by atoms with Crippen LogP contribution >= 0.6 is 0 Å². The molecule has 1 fully saturated rings. The minimum Gasteiger partial charge on any atom is -0.373 e. The Balaban J connectivity index is 1.43. The molecule has 4 rings (SSSR count). The van der Waals surface area contributed by atoms with E-state index in [2.05, 4.69) is 6.92 Å². The molecule has 1 saturated heterocycles. The molecule has 1 heterocycles. The molecule has 2 unspecified atom stereocenters. The number of aryl methyl sites for hydroxylation is 1. The van der Waals surface area contributed by atoms with Crippen LogP contribution in [-0.2, 0) is 11.2 Å². The number of unbranched alkanes of at least 4 members (excludes halogenated alkanes) is 4. The smallest absolute Gasteiger partial charge is 0.167 e. The van der Waals surface area contributed by atoms with Crippen LogP contribution in [0.1, 0.15) is 88.9 Å². The van der Waals surface area contributed by atoms with Crippen molar-refractivity contribution in [2.45, 2.75) is 84.2 Å². The Morgan fingerprint density at radius 2 is 1.29 bits per heavy atom. The molecular weight excluding hydrogens is 488 g/mol. The summed E-state index contributed by atoms with van der Waals surface area (Å²) in [7, 11) is 0. The minimum atomic E-state index is -0.918. The van der Waals surface area contributed by atoms with Crippen LogP contribution in [0.3, 0.4) is 0 Å². The molecule has 0 aliphatic carbocycles. The molecule has 0 amide bonds. The Kier molecular flexibility index (Phi) is 10.0. The number of benzene rings is 3. The van der Waals surface area contributed by atoms with Crippen molar-refractivity contribution in [2.24, 2.45) is 5.92 Å². The van der Waals surface area contributed by atoms with Gasteiger partial charge in [0.1, 0.15) is 0 Å². The molecule has 0 radical (unpaired) electrons. The van der Waals surface area contributed by atoms with E-state index in [1.54, 1.807) is 48.5 Å². The number of ether oxygens (including phenoxy) is 1. The molecule has 5 heteroatoms. The Hall–Kier alpha value is -2.66. The molecule has 0 saturated carbocycles. The van der Waals surface area contributed by atoms with Crippen LogP contribution < -0.4 is 0 Å². The van der Waals surface area contributed by atoms with Crippen molar-refractivity contribution < 1.29 is 22.3 Å². The quantitative estimate of drug-likeness (QED) is 0.178. The molecule has 38 heavy (non-hydrogen) atoms. The monoisotopic (exact) mass is 526 g/mol. The first-order valence-corrected chi connectivity index (χ1v) is 14.1. The van der Waals surface area contributed by atoms with E-state index in [1.807, 2.05) is 6.92 Å². The third-order valence-corrected chi connectivity index (χ3v) is 7.73. The summed E-state index contributed by atoms with van der Waals surface area (Å²) in [5.41, 5.74) is 1.82. The van der Waals surface area contributed by atoms with Crippen LogP contribution in [0.2, 0.25) is 0 Å². The second kappa shape index (κ2) is 13.4. The predicted molar refractivity (Wildman–Crippen MR) is 146 cm³/mol. The number of hydrogen-bond acceptors (Lipinski definition) is 1. The van der Waals surface area contributed by atoms with E-state index in [4.69, 9.17) is 4.74 Å². The summed E-state index contributed by atoms with van der Waals surface area (Å²) in [6, 6.07) is 12.8. The standard InChI is InChI=1S/C33H38F4O/c1-3-5-6-7-8-10-22-11-20-29(38-21-22)28-19-18-27(32(36)33(28)37)24-14-12-23(13-15-24)26-17-16-25(9-4-2)30(34)31(26)35/h12-19,22,29H,3-11,20-21H2,1-2H3. The van der Waals surface area contributed by atoms with Crippen LogP contribution in [0.5, 0.6) is 0 Å². The van der Waals surface area contributed by atoms with E-state index in [-0.39, 0.29) is 16.7 Å². The molecule has 1 nitrogen and oxygen atoms in total. The fourth-order valence-corrected chi connectivity index (χ4v) is 5.46. The molecule has 2 atom stereocenters. The highest BCUT2D eigenvalue weighted by Crippen LogP contribution is 2.37. The summed E-state index contributed by atoms with van der Waals surface area (Å²) < 4.78 is 65.4. The van der Waals surface area contributed by atoms with E-state index in [9.17, 15) is 8.78 Å². The van der Waals surface area contributed by atoms with Crippen molar-refractivity contribution >= 4 is 0 Å². The van der Waals surface area contributed by atoms with Crippen LogP contribution in [0.25, 0.3) is 22.3 Å². The number of rotatable bonds is 11. The lowest BCUT2D eigenvalue weighted by Gasteiger charge is -2.30. The second-order valence-corrected chi connectivity index (χ2v) is 10.5. The van der Waals surface area contributed by atoms with Gasteiger partial charge in [0.2, 0.25) is 0 Å². The van der Waals surface area contributed by atoms with Gasteiger partial charge in [-0.3, -0.25) is 0 Å². The fraction of sp³-hybridized carbons (Fsp3) is 0.455. The van der Waals surface area contributed by atoms with Gasteiger partial charge in [-0.25, -0.2) is 17.6 Å². The highest BCUT2D eigenvalue weighted by molar-refractivity contribution is 5.71. The van der Waals surface area contributed by atoms with Gasteiger partial charge in [0.05, 0.1) is 12.7 Å². The van der Waals surface area contributed by atoms with E-state index in [1.165, 1.54) is 32.1 Å². The summed E-state index contributed by atoms with van der Waals surface area (Å²) in [4.78, 5) is 0. The zero-order chi connectivity index (χ0) is 27.1. The molecule has 0 aromatic heterocycles. The lowest BCUT2D eigenvalue weighted by atomic mass is 9.90. The average molecular weight is 527 g/mol. The topological polar surface area (TPSA) is 9.23 Å². The van der Waals surface area contributed by atoms with Gasteiger partial charge in [-0.1, -0.05) is 101 Å². The van der Waals surface area contributed by atoms with E-state index < -0.39 is 29.4 Å². The van der Waals surface area contributed by atoms with Crippen molar-refractivity contribution in [1.82, 2.24) is 0 Å². The largest absolute Gasteiger partial charge is 0.373 e. The Bertz CT molecular complexity index is 1200. The first kappa shape index (κ1) is 28.4. The lowest BCUT2D eigenvalue weighted by molar-refractivity contribution is -0.0218. The lowest BCUT2D eigenvalue weighted by Crippen LogP contribution is -2.21. The first-order chi connectivity index (χ1) is 18.4. The molecule has 204 valence electrons. The van der Waals surface area contributed by atoms with Gasteiger partial charge in [0.15, 0.2) is 23.3 Å². The molecule has 0 N–H and O–H groups in total. The molecule has 1 aliphatic heterocycles. The third-order valence-electron chi connectivity index (χ3n) is 7.73. The van der Waals surface area contributed by atoms with Gasteiger partial charge in [-0.2, -0.15) is 0 Å². The van der Waals surface area contributed by atoms with Gasteiger partial charge in [0.25, 0.3) is 0 Å². The van der Waals surface area contributed by atoms with Gasteiger partial charge in [-0.05, 0) is 48.3 Å². The summed E-state index contributed by atoms with van der Waals surface area (Å²) in [5.74, 6) is -3.04. The highest BCUT2D eigenvalue weighted by Gasteiger charge is 2.27. The van der Waals surface area contributed by atoms with Crippen molar-refractivity contribution in [3.05, 3.63) is 82.9 Å². The van der Waals surface area contributed by atoms with E-state index >= 15 is 8.78 Å². The Morgan fingerprint density at radius 3 is 1.89 bits per heavy atom. The van der Waals surface area contributed by atoms with Gasteiger partial charge >= 0.3 is 0 Å². The van der Waals surface area contributed by atoms with Gasteiger partial charge in [0, 0.05) is 16.7 Å². The maximum Gasteiger partial charge on any atom is 0.167 e. The van der Waals surface area contributed by atoms with Crippen LogP contribution in [0, 0.1) is 29.2 Å². The summed E-state index contributed by atoms with van der Waals surface area (Å²) in [5, 5.41) is 0.